The van der Waals surface area contributed by atoms with E-state index in [-0.39, 0.29) is 5.16 Å². The largest absolute Gasteiger partial charge is 0.248 e. The van der Waals surface area contributed by atoms with E-state index in [1.807, 2.05) is 12.1 Å². The molecule has 0 amide bonds. The van der Waals surface area contributed by atoms with E-state index in [0.717, 1.165) is 11.6 Å². The molecule has 0 aliphatic rings. The summed E-state index contributed by atoms with van der Waals surface area (Å²) in [7, 11) is -3.37. The predicted octanol–water partition coefficient (Wildman–Crippen LogP) is 1.80. The maximum atomic E-state index is 11.3. The second-order valence-electron chi connectivity index (χ2n) is 3.09. The molecule has 0 atom stereocenters. The Kier molecular flexibility index (Phi) is 2.47. The van der Waals surface area contributed by atoms with Gasteiger partial charge in [0.05, 0.1) is 5.52 Å². The van der Waals surface area contributed by atoms with Crippen LogP contribution in [0.15, 0.2) is 34.0 Å². The van der Waals surface area contributed by atoms with Gasteiger partial charge >= 0.3 is 0 Å². The lowest BCUT2D eigenvalue weighted by Crippen LogP contribution is -2.04. The Labute approximate surface area is 95.4 Å². The van der Waals surface area contributed by atoms with Crippen molar-refractivity contribution in [1.29, 1.82) is 0 Å². The zero-order valence-electron chi connectivity index (χ0n) is 7.81. The molecule has 0 saturated carbocycles. The number of halogens is 1. The normalized spacial score (nSPS) is 11.9. The summed E-state index contributed by atoms with van der Waals surface area (Å²) in [6.45, 7) is 0. The Balaban J connectivity index is 2.85. The van der Waals surface area contributed by atoms with Gasteiger partial charge in [-0.2, -0.15) is 0 Å². The van der Waals surface area contributed by atoms with Crippen molar-refractivity contribution in [2.24, 2.45) is 0 Å². The predicted molar refractivity (Wildman–Crippen MR) is 60.3 cm³/mol. The molecule has 0 N–H and O–H groups in total. The molecule has 0 spiro atoms. The Hall–Kier alpha value is -1.01. The van der Waals surface area contributed by atoms with Crippen molar-refractivity contribution >= 4 is 36.7 Å². The van der Waals surface area contributed by atoms with Gasteiger partial charge < -0.3 is 0 Å². The fraction of sp³-hybridized carbons (Fsp3) is 0.111. The average molecular weight is 287 g/mol. The molecule has 15 heavy (non-hydrogen) atoms. The van der Waals surface area contributed by atoms with Crippen LogP contribution < -0.4 is 0 Å². The number of sulfone groups is 1. The molecule has 1 aromatic heterocycles. The Morgan fingerprint density at radius 3 is 2.53 bits per heavy atom. The summed E-state index contributed by atoms with van der Waals surface area (Å²) in [5.74, 6) is 0. The van der Waals surface area contributed by atoms with Crippen LogP contribution in [-0.2, 0) is 9.84 Å². The summed E-state index contributed by atoms with van der Waals surface area (Å²) in [4.78, 5) is 7.87. The first-order valence-electron chi connectivity index (χ1n) is 4.11. The molecule has 2 aromatic rings. The smallest absolute Gasteiger partial charge is 0.221 e. The second kappa shape index (κ2) is 3.53. The molecule has 4 nitrogen and oxygen atoms in total. The third kappa shape index (κ3) is 2.00. The molecule has 0 aliphatic carbocycles. The van der Waals surface area contributed by atoms with E-state index in [2.05, 4.69) is 25.9 Å². The van der Waals surface area contributed by atoms with E-state index in [1.54, 1.807) is 12.1 Å². The van der Waals surface area contributed by atoms with Gasteiger partial charge in [0.2, 0.25) is 15.0 Å². The minimum atomic E-state index is -3.37. The van der Waals surface area contributed by atoms with Gasteiger partial charge in [-0.1, -0.05) is 18.2 Å². The lowest BCUT2D eigenvalue weighted by molar-refractivity contribution is 0.593. The fourth-order valence-corrected chi connectivity index (χ4v) is 2.33. The second-order valence-corrected chi connectivity index (χ2v) is 5.75. The SMILES string of the molecule is CS(=O)(=O)c1nc(Br)c2ccccc2n1. The summed E-state index contributed by atoms with van der Waals surface area (Å²) >= 11 is 3.22. The van der Waals surface area contributed by atoms with Crippen LogP contribution in [0.1, 0.15) is 0 Å². The van der Waals surface area contributed by atoms with Crippen LogP contribution in [0, 0.1) is 0 Å². The molecule has 0 unspecified atom stereocenters. The van der Waals surface area contributed by atoms with Gasteiger partial charge in [0.15, 0.2) is 0 Å². The van der Waals surface area contributed by atoms with Crippen LogP contribution in [0.25, 0.3) is 10.9 Å². The molecule has 1 heterocycles. The van der Waals surface area contributed by atoms with E-state index in [0.29, 0.717) is 10.1 Å². The third-order valence-electron chi connectivity index (χ3n) is 1.87. The van der Waals surface area contributed by atoms with Crippen LogP contribution in [0.5, 0.6) is 0 Å². The van der Waals surface area contributed by atoms with Gasteiger partial charge in [-0.25, -0.2) is 18.4 Å². The Morgan fingerprint density at radius 2 is 1.87 bits per heavy atom. The minimum absolute atomic E-state index is 0.159. The number of hydrogen-bond acceptors (Lipinski definition) is 4. The molecule has 6 heteroatoms. The molecule has 0 saturated heterocycles. The molecule has 0 fully saturated rings. The van der Waals surface area contributed by atoms with Gasteiger partial charge in [0, 0.05) is 11.6 Å². The molecule has 1 aromatic carbocycles. The summed E-state index contributed by atoms with van der Waals surface area (Å²) < 4.78 is 23.1. The lowest BCUT2D eigenvalue weighted by Gasteiger charge is -2.01. The highest BCUT2D eigenvalue weighted by Crippen LogP contribution is 2.21. The van der Waals surface area contributed by atoms with Gasteiger partial charge in [0.1, 0.15) is 4.60 Å². The van der Waals surface area contributed by atoms with Crippen molar-refractivity contribution in [3.8, 4) is 0 Å². The maximum absolute atomic E-state index is 11.3. The number of hydrogen-bond donors (Lipinski definition) is 0. The molecule has 0 bridgehead atoms. The highest BCUT2D eigenvalue weighted by molar-refractivity contribution is 9.10. The molecule has 0 aliphatic heterocycles. The number of fused-ring (bicyclic) bond motifs is 1. The van der Waals surface area contributed by atoms with Crippen molar-refractivity contribution in [1.82, 2.24) is 9.97 Å². The van der Waals surface area contributed by atoms with E-state index in [1.165, 1.54) is 0 Å². The summed E-state index contributed by atoms with van der Waals surface area (Å²) in [5, 5.41) is 0.637. The number of benzene rings is 1. The molecular weight excluding hydrogens is 280 g/mol. The molecule has 0 radical (unpaired) electrons. The monoisotopic (exact) mass is 286 g/mol. The first-order chi connectivity index (χ1) is 6.98. The van der Waals surface area contributed by atoms with Crippen molar-refractivity contribution in [2.45, 2.75) is 5.16 Å². The van der Waals surface area contributed by atoms with Crippen molar-refractivity contribution < 1.29 is 8.42 Å². The first-order valence-corrected chi connectivity index (χ1v) is 6.79. The van der Waals surface area contributed by atoms with Crippen LogP contribution >= 0.6 is 15.9 Å². The number of para-hydroxylation sites is 1. The van der Waals surface area contributed by atoms with Crippen molar-refractivity contribution in [3.05, 3.63) is 28.9 Å². The van der Waals surface area contributed by atoms with E-state index < -0.39 is 9.84 Å². The molecular formula is C9H7BrN2O2S. The average Bonchev–Trinajstić information content (AvgIpc) is 2.16. The van der Waals surface area contributed by atoms with Gasteiger partial charge in [-0.15, -0.1) is 0 Å². The number of nitrogens with zero attached hydrogens (tertiary/aromatic N) is 2. The van der Waals surface area contributed by atoms with Crippen molar-refractivity contribution in [2.75, 3.05) is 6.26 Å². The Morgan fingerprint density at radius 1 is 1.20 bits per heavy atom. The zero-order chi connectivity index (χ0) is 11.1. The topological polar surface area (TPSA) is 59.9 Å². The van der Waals surface area contributed by atoms with Crippen LogP contribution in [-0.4, -0.2) is 24.6 Å². The Bertz CT molecular complexity index is 625. The highest BCUT2D eigenvalue weighted by atomic mass is 79.9. The van der Waals surface area contributed by atoms with Crippen LogP contribution in [0.2, 0.25) is 0 Å². The molecule has 2 rings (SSSR count). The first kappa shape index (κ1) is 10.5. The van der Waals surface area contributed by atoms with E-state index in [4.69, 9.17) is 0 Å². The minimum Gasteiger partial charge on any atom is -0.221 e. The molecule has 78 valence electrons. The highest BCUT2D eigenvalue weighted by Gasteiger charge is 2.13. The summed E-state index contributed by atoms with van der Waals surface area (Å²) in [6.07, 6.45) is 1.09. The maximum Gasteiger partial charge on any atom is 0.248 e. The van der Waals surface area contributed by atoms with Gasteiger partial charge in [-0.05, 0) is 22.0 Å². The fourth-order valence-electron chi connectivity index (χ4n) is 1.18. The standard InChI is InChI=1S/C9H7BrN2O2S/c1-15(13,14)9-11-7-5-3-2-4-6(7)8(10)12-9/h2-5H,1H3. The number of rotatable bonds is 1. The quantitative estimate of drug-likeness (QED) is 0.592. The van der Waals surface area contributed by atoms with Crippen molar-refractivity contribution in [3.63, 3.8) is 0 Å². The zero-order valence-corrected chi connectivity index (χ0v) is 10.2. The number of aromatic nitrogens is 2. The third-order valence-corrected chi connectivity index (χ3v) is 3.32. The van der Waals surface area contributed by atoms with Crippen LogP contribution in [0.3, 0.4) is 0 Å². The van der Waals surface area contributed by atoms with E-state index in [9.17, 15) is 8.42 Å². The summed E-state index contributed by atoms with van der Waals surface area (Å²) in [6, 6.07) is 7.21. The van der Waals surface area contributed by atoms with E-state index >= 15 is 0 Å². The van der Waals surface area contributed by atoms with Crippen LogP contribution in [0.4, 0.5) is 0 Å². The lowest BCUT2D eigenvalue weighted by atomic mass is 10.2. The van der Waals surface area contributed by atoms with Gasteiger partial charge in [-0.3, -0.25) is 0 Å². The van der Waals surface area contributed by atoms with Gasteiger partial charge in [0.25, 0.3) is 0 Å². The summed E-state index contributed by atoms with van der Waals surface area (Å²) in [5.41, 5.74) is 0.611.